The van der Waals surface area contributed by atoms with E-state index < -0.39 is 5.82 Å². The molecule has 152 valence electrons. The molecule has 1 aromatic carbocycles. The number of carbonyl (C=O) groups excluding carboxylic acids is 3. The molecule has 0 spiro atoms. The number of aromatic nitrogens is 4. The van der Waals surface area contributed by atoms with Crippen LogP contribution in [0.3, 0.4) is 0 Å². The molecule has 1 aliphatic heterocycles. The van der Waals surface area contributed by atoms with Gasteiger partial charge >= 0.3 is 0 Å². The summed E-state index contributed by atoms with van der Waals surface area (Å²) in [6.45, 7) is 1.68. The van der Waals surface area contributed by atoms with E-state index in [9.17, 15) is 18.8 Å². The van der Waals surface area contributed by atoms with Crippen LogP contribution in [0.1, 0.15) is 37.9 Å². The average Bonchev–Trinajstić information content (AvgIpc) is 3.24. The Balaban J connectivity index is 1.40. The lowest BCUT2D eigenvalue weighted by Gasteiger charge is -2.19. The topological polar surface area (TPSA) is 110 Å². The molecule has 29 heavy (non-hydrogen) atoms. The van der Waals surface area contributed by atoms with E-state index in [1.165, 1.54) is 27.8 Å². The lowest BCUT2D eigenvalue weighted by atomic mass is 9.81. The molecule has 9 nitrogen and oxygen atoms in total. The van der Waals surface area contributed by atoms with Gasteiger partial charge in [0, 0.05) is 18.7 Å². The van der Waals surface area contributed by atoms with Gasteiger partial charge in [-0.1, -0.05) is 12.8 Å². The van der Waals surface area contributed by atoms with Gasteiger partial charge in [-0.3, -0.25) is 19.3 Å². The van der Waals surface area contributed by atoms with Crippen molar-refractivity contribution < 1.29 is 18.8 Å². The van der Waals surface area contributed by atoms with Crippen molar-refractivity contribution in [3.05, 3.63) is 29.8 Å². The second-order valence-corrected chi connectivity index (χ2v) is 7.43. The standard InChI is InChI=1S/C19H21FN6O3/c1-11-22-23-24-26(11)16-10-12(6-7-15(16)20)21-17(27)8-9-25-18(28)13-4-2-3-5-14(13)19(25)29/h6-7,10,13-14H,2-5,8-9H2,1H3,(H,21,27). The number of likely N-dealkylation sites (tertiary alicyclic amines) is 1. The third kappa shape index (κ3) is 3.62. The maximum absolute atomic E-state index is 14.1. The molecule has 1 N–H and O–H groups in total. The molecule has 2 fully saturated rings. The number of hydrogen-bond donors (Lipinski definition) is 1. The molecule has 2 unspecified atom stereocenters. The molecule has 0 bridgehead atoms. The van der Waals surface area contributed by atoms with Gasteiger partial charge in [-0.05, 0) is 48.4 Å². The number of hydrogen-bond acceptors (Lipinski definition) is 6. The summed E-state index contributed by atoms with van der Waals surface area (Å²) in [6.07, 6.45) is 3.39. The summed E-state index contributed by atoms with van der Waals surface area (Å²) in [7, 11) is 0. The lowest BCUT2D eigenvalue weighted by Crippen LogP contribution is -2.34. The fraction of sp³-hybridized carbons (Fsp3) is 0.474. The Morgan fingerprint density at radius 2 is 1.90 bits per heavy atom. The maximum atomic E-state index is 14.1. The van der Waals surface area contributed by atoms with Crippen molar-refractivity contribution in [2.75, 3.05) is 11.9 Å². The number of tetrazole rings is 1. The van der Waals surface area contributed by atoms with Gasteiger partial charge in [-0.15, -0.1) is 5.10 Å². The first-order valence-corrected chi connectivity index (χ1v) is 9.65. The van der Waals surface area contributed by atoms with Crippen molar-refractivity contribution in [2.24, 2.45) is 11.8 Å². The van der Waals surface area contributed by atoms with Crippen LogP contribution < -0.4 is 5.32 Å². The fourth-order valence-corrected chi connectivity index (χ4v) is 4.10. The van der Waals surface area contributed by atoms with E-state index in [0.717, 1.165) is 25.7 Å². The Morgan fingerprint density at radius 1 is 1.21 bits per heavy atom. The highest BCUT2D eigenvalue weighted by Gasteiger charge is 2.47. The van der Waals surface area contributed by atoms with Crippen molar-refractivity contribution in [3.8, 4) is 5.69 Å². The highest BCUT2D eigenvalue weighted by atomic mass is 19.1. The van der Waals surface area contributed by atoms with Crippen LogP contribution in [-0.2, 0) is 14.4 Å². The summed E-state index contributed by atoms with van der Waals surface area (Å²) in [5.41, 5.74) is 0.480. The van der Waals surface area contributed by atoms with Gasteiger partial charge in [0.25, 0.3) is 0 Å². The molecular weight excluding hydrogens is 379 g/mol. The third-order valence-electron chi connectivity index (χ3n) is 5.58. The molecule has 2 aliphatic rings. The molecule has 1 saturated carbocycles. The van der Waals surface area contributed by atoms with Crippen molar-refractivity contribution in [1.29, 1.82) is 0 Å². The van der Waals surface area contributed by atoms with Gasteiger partial charge in [0.05, 0.1) is 11.8 Å². The molecule has 1 aliphatic carbocycles. The number of rotatable bonds is 5. The summed E-state index contributed by atoms with van der Waals surface area (Å²) in [6, 6.07) is 4.07. The number of halogens is 1. The normalized spacial score (nSPS) is 21.4. The zero-order valence-electron chi connectivity index (χ0n) is 16.0. The molecule has 2 aromatic rings. The molecule has 1 aromatic heterocycles. The average molecular weight is 400 g/mol. The number of fused-ring (bicyclic) bond motifs is 1. The molecule has 4 rings (SSSR count). The van der Waals surface area contributed by atoms with E-state index in [2.05, 4.69) is 20.8 Å². The number of benzene rings is 1. The molecule has 0 radical (unpaired) electrons. The van der Waals surface area contributed by atoms with Gasteiger partial charge in [0.2, 0.25) is 17.7 Å². The van der Waals surface area contributed by atoms with Gasteiger partial charge < -0.3 is 5.32 Å². The van der Waals surface area contributed by atoms with Gasteiger partial charge in [0.15, 0.2) is 5.82 Å². The summed E-state index contributed by atoms with van der Waals surface area (Å²) in [4.78, 5) is 38.5. The van der Waals surface area contributed by atoms with Crippen LogP contribution in [0.25, 0.3) is 5.69 Å². The minimum absolute atomic E-state index is 0.0203. The van der Waals surface area contributed by atoms with E-state index in [1.54, 1.807) is 6.92 Å². The quantitative estimate of drug-likeness (QED) is 0.764. The summed E-state index contributed by atoms with van der Waals surface area (Å²) >= 11 is 0. The van der Waals surface area contributed by atoms with Crippen LogP contribution in [0.4, 0.5) is 10.1 Å². The lowest BCUT2D eigenvalue weighted by molar-refractivity contribution is -0.140. The fourth-order valence-electron chi connectivity index (χ4n) is 4.10. The summed E-state index contributed by atoms with van der Waals surface area (Å²) in [5, 5.41) is 13.6. The number of amides is 3. The Labute approximate surface area is 166 Å². The van der Waals surface area contributed by atoms with E-state index >= 15 is 0 Å². The van der Waals surface area contributed by atoms with Gasteiger partial charge in [-0.25, -0.2) is 4.39 Å². The number of nitrogens with zero attached hydrogens (tertiary/aromatic N) is 5. The second kappa shape index (κ2) is 7.69. The van der Waals surface area contributed by atoms with E-state index in [0.29, 0.717) is 11.5 Å². The summed E-state index contributed by atoms with van der Waals surface area (Å²) < 4.78 is 15.4. The molecule has 3 amide bonds. The summed E-state index contributed by atoms with van der Waals surface area (Å²) in [5.74, 6) is -1.27. The Hall–Kier alpha value is -3.17. The number of anilines is 1. The van der Waals surface area contributed by atoms with Crippen molar-refractivity contribution in [1.82, 2.24) is 25.1 Å². The first kappa shape index (κ1) is 19.2. The zero-order valence-corrected chi connectivity index (χ0v) is 16.0. The van der Waals surface area contributed by atoms with Crippen LogP contribution in [-0.4, -0.2) is 49.4 Å². The van der Waals surface area contributed by atoms with Crippen molar-refractivity contribution in [3.63, 3.8) is 0 Å². The van der Waals surface area contributed by atoms with Crippen LogP contribution in [0.15, 0.2) is 18.2 Å². The highest BCUT2D eigenvalue weighted by Crippen LogP contribution is 2.38. The third-order valence-corrected chi connectivity index (χ3v) is 5.58. The molecule has 10 heteroatoms. The Morgan fingerprint density at radius 3 is 2.52 bits per heavy atom. The van der Waals surface area contributed by atoms with Crippen molar-refractivity contribution in [2.45, 2.75) is 39.0 Å². The smallest absolute Gasteiger partial charge is 0.233 e. The van der Waals surface area contributed by atoms with E-state index in [-0.39, 0.29) is 48.2 Å². The molecule has 2 atom stereocenters. The SMILES string of the molecule is Cc1nnnn1-c1cc(NC(=O)CCN2C(=O)C3CCCCC3C2=O)ccc1F. The second-order valence-electron chi connectivity index (χ2n) is 7.43. The van der Waals surface area contributed by atoms with Gasteiger partial charge in [-0.2, -0.15) is 4.68 Å². The van der Waals surface area contributed by atoms with Crippen LogP contribution >= 0.6 is 0 Å². The largest absolute Gasteiger partial charge is 0.326 e. The monoisotopic (exact) mass is 400 g/mol. The number of aryl methyl sites for hydroxylation is 1. The molecular formula is C19H21FN6O3. The zero-order chi connectivity index (χ0) is 20.5. The van der Waals surface area contributed by atoms with E-state index in [4.69, 9.17) is 0 Å². The van der Waals surface area contributed by atoms with Crippen molar-refractivity contribution >= 4 is 23.4 Å². The van der Waals surface area contributed by atoms with Crippen LogP contribution in [0.2, 0.25) is 0 Å². The van der Waals surface area contributed by atoms with E-state index in [1.807, 2.05) is 0 Å². The molecule has 1 saturated heterocycles. The predicted molar refractivity (Wildman–Crippen MR) is 99.3 cm³/mol. The maximum Gasteiger partial charge on any atom is 0.233 e. The highest BCUT2D eigenvalue weighted by molar-refractivity contribution is 6.05. The Kier molecular flexibility index (Phi) is 5.08. The number of nitrogens with one attached hydrogen (secondary N) is 1. The number of carbonyl (C=O) groups is 3. The predicted octanol–water partition coefficient (Wildman–Crippen LogP) is 1.61. The minimum Gasteiger partial charge on any atom is -0.326 e. The minimum atomic E-state index is -0.533. The van der Waals surface area contributed by atoms with Crippen LogP contribution in [0, 0.1) is 24.6 Å². The molecule has 2 heterocycles. The first-order chi connectivity index (χ1) is 14.0. The Bertz CT molecular complexity index is 951. The number of imide groups is 1. The first-order valence-electron chi connectivity index (χ1n) is 9.65. The van der Waals surface area contributed by atoms with Gasteiger partial charge in [0.1, 0.15) is 11.5 Å². The van der Waals surface area contributed by atoms with Crippen LogP contribution in [0.5, 0.6) is 0 Å².